The first kappa shape index (κ1) is 13.3. The largest absolute Gasteiger partial charge is 0.496 e. The maximum absolute atomic E-state index is 13.2. The van der Waals surface area contributed by atoms with Gasteiger partial charge < -0.3 is 14.2 Å². The van der Waals surface area contributed by atoms with Crippen molar-refractivity contribution in [3.8, 4) is 11.5 Å². The van der Waals surface area contributed by atoms with E-state index in [4.69, 9.17) is 14.2 Å². The Hall–Kier alpha value is -1.78. The van der Waals surface area contributed by atoms with Gasteiger partial charge in [-0.15, -0.1) is 0 Å². The zero-order valence-electron chi connectivity index (χ0n) is 10.1. The first-order chi connectivity index (χ1) is 8.12. The zero-order chi connectivity index (χ0) is 12.8. The van der Waals surface area contributed by atoms with Crippen LogP contribution < -0.4 is 9.47 Å². The number of benzene rings is 1. The Balaban J connectivity index is 3.06. The molecule has 0 saturated heterocycles. The van der Waals surface area contributed by atoms with Gasteiger partial charge in [-0.2, -0.15) is 0 Å². The Morgan fingerprint density at radius 3 is 2.18 bits per heavy atom. The lowest BCUT2D eigenvalue weighted by Gasteiger charge is -2.12. The van der Waals surface area contributed by atoms with Crippen LogP contribution in [0.25, 0.3) is 0 Å². The molecule has 0 aliphatic carbocycles. The molecule has 0 fully saturated rings. The molecule has 1 aromatic carbocycles. The highest BCUT2D eigenvalue weighted by Gasteiger charge is 2.16. The molecular weight excluding hydrogens is 227 g/mol. The van der Waals surface area contributed by atoms with Crippen molar-refractivity contribution in [3.63, 3.8) is 0 Å². The van der Waals surface area contributed by atoms with Crippen LogP contribution in [0.15, 0.2) is 12.1 Å². The summed E-state index contributed by atoms with van der Waals surface area (Å²) in [5, 5.41) is 0. The molecule has 0 N–H and O–H groups in total. The van der Waals surface area contributed by atoms with Crippen molar-refractivity contribution in [2.24, 2.45) is 0 Å². The molecule has 17 heavy (non-hydrogen) atoms. The molecule has 0 aliphatic heterocycles. The molecule has 0 unspecified atom stereocenters. The fourth-order valence-corrected chi connectivity index (χ4v) is 1.48. The van der Waals surface area contributed by atoms with E-state index in [0.29, 0.717) is 12.2 Å². The summed E-state index contributed by atoms with van der Waals surface area (Å²) in [5.41, 5.74) is 0.481. The van der Waals surface area contributed by atoms with Gasteiger partial charge in [0.2, 0.25) is 0 Å². The molecule has 0 heterocycles. The lowest BCUT2D eigenvalue weighted by molar-refractivity contribution is -0.142. The monoisotopic (exact) mass is 242 g/mol. The van der Waals surface area contributed by atoms with Crippen molar-refractivity contribution in [3.05, 3.63) is 23.5 Å². The highest BCUT2D eigenvalue weighted by Crippen LogP contribution is 2.30. The van der Waals surface area contributed by atoms with Crippen molar-refractivity contribution in [1.82, 2.24) is 0 Å². The summed E-state index contributed by atoms with van der Waals surface area (Å²) >= 11 is 0. The summed E-state index contributed by atoms with van der Waals surface area (Å²) in [4.78, 5) is 11.4. The van der Waals surface area contributed by atoms with Crippen molar-refractivity contribution < 1.29 is 23.4 Å². The van der Waals surface area contributed by atoms with E-state index in [2.05, 4.69) is 0 Å². The van der Waals surface area contributed by atoms with Gasteiger partial charge in [0.15, 0.2) is 0 Å². The van der Waals surface area contributed by atoms with Crippen molar-refractivity contribution in [2.75, 3.05) is 20.8 Å². The molecule has 94 valence electrons. The van der Waals surface area contributed by atoms with Gasteiger partial charge in [0.1, 0.15) is 17.3 Å². The number of hydrogen-bond donors (Lipinski definition) is 0. The molecule has 0 spiro atoms. The van der Waals surface area contributed by atoms with Crippen LogP contribution in [0.1, 0.15) is 12.5 Å². The number of esters is 1. The smallest absolute Gasteiger partial charge is 0.310 e. The molecule has 5 heteroatoms. The van der Waals surface area contributed by atoms with Crippen molar-refractivity contribution in [2.45, 2.75) is 13.3 Å². The Bertz CT molecular complexity index is 378. The molecule has 0 atom stereocenters. The Morgan fingerprint density at radius 2 is 1.76 bits per heavy atom. The maximum Gasteiger partial charge on any atom is 0.310 e. The van der Waals surface area contributed by atoms with Crippen LogP contribution in [0.3, 0.4) is 0 Å². The van der Waals surface area contributed by atoms with Crippen molar-refractivity contribution in [1.29, 1.82) is 0 Å². The van der Waals surface area contributed by atoms with E-state index in [1.807, 2.05) is 0 Å². The van der Waals surface area contributed by atoms with E-state index in [0.717, 1.165) is 0 Å². The van der Waals surface area contributed by atoms with Crippen LogP contribution in [-0.2, 0) is 16.0 Å². The second-order valence-corrected chi connectivity index (χ2v) is 3.27. The van der Waals surface area contributed by atoms with Crippen LogP contribution in [-0.4, -0.2) is 26.8 Å². The third-order valence-corrected chi connectivity index (χ3v) is 2.20. The average molecular weight is 242 g/mol. The van der Waals surface area contributed by atoms with Gasteiger partial charge >= 0.3 is 5.97 Å². The second-order valence-electron chi connectivity index (χ2n) is 3.27. The highest BCUT2D eigenvalue weighted by molar-refractivity contribution is 5.75. The van der Waals surface area contributed by atoms with E-state index < -0.39 is 11.8 Å². The predicted octanol–water partition coefficient (Wildman–Crippen LogP) is 1.95. The first-order valence-electron chi connectivity index (χ1n) is 5.18. The molecule has 1 aromatic rings. The van der Waals surface area contributed by atoms with Crippen molar-refractivity contribution >= 4 is 5.97 Å². The molecule has 0 radical (unpaired) electrons. The Labute approximate surface area is 99.3 Å². The minimum Gasteiger partial charge on any atom is -0.496 e. The molecule has 0 aromatic heterocycles. The highest BCUT2D eigenvalue weighted by atomic mass is 19.1. The first-order valence-corrected chi connectivity index (χ1v) is 5.18. The van der Waals surface area contributed by atoms with E-state index in [-0.39, 0.29) is 17.9 Å². The van der Waals surface area contributed by atoms with Crippen LogP contribution in [0.2, 0.25) is 0 Å². The van der Waals surface area contributed by atoms with Crippen LogP contribution in [0.4, 0.5) is 4.39 Å². The number of methoxy groups -OCH3 is 2. The average Bonchev–Trinajstić information content (AvgIpc) is 2.31. The van der Waals surface area contributed by atoms with Gasteiger partial charge in [-0.1, -0.05) is 0 Å². The molecule has 0 aliphatic rings. The minimum atomic E-state index is -0.480. The van der Waals surface area contributed by atoms with Gasteiger partial charge in [0.05, 0.1) is 27.2 Å². The fourth-order valence-electron chi connectivity index (χ4n) is 1.48. The van der Waals surface area contributed by atoms with Gasteiger partial charge in [0.25, 0.3) is 0 Å². The van der Waals surface area contributed by atoms with E-state index in [9.17, 15) is 9.18 Å². The van der Waals surface area contributed by atoms with E-state index >= 15 is 0 Å². The quantitative estimate of drug-likeness (QED) is 0.740. The predicted molar refractivity (Wildman–Crippen MR) is 59.8 cm³/mol. The topological polar surface area (TPSA) is 44.8 Å². The number of carbonyl (C=O) groups excluding carboxylic acids is 1. The SMILES string of the molecule is CCOC(=O)Cc1c(OC)cc(F)cc1OC. The van der Waals surface area contributed by atoms with Gasteiger partial charge in [-0.05, 0) is 6.92 Å². The number of carbonyl (C=O) groups is 1. The summed E-state index contributed by atoms with van der Waals surface area (Å²) in [6.07, 6.45) is -0.0134. The molecule has 4 nitrogen and oxygen atoms in total. The number of halogens is 1. The fraction of sp³-hybridized carbons (Fsp3) is 0.417. The van der Waals surface area contributed by atoms with Gasteiger partial charge in [-0.3, -0.25) is 4.79 Å². The van der Waals surface area contributed by atoms with E-state index in [1.54, 1.807) is 6.92 Å². The third-order valence-electron chi connectivity index (χ3n) is 2.20. The third kappa shape index (κ3) is 3.34. The minimum absolute atomic E-state index is 0.0134. The molecule has 0 saturated carbocycles. The lowest BCUT2D eigenvalue weighted by Crippen LogP contribution is -2.10. The Kier molecular flexibility index (Phi) is 4.75. The van der Waals surface area contributed by atoms with Gasteiger partial charge in [-0.25, -0.2) is 4.39 Å². The molecule has 1 rings (SSSR count). The summed E-state index contributed by atoms with van der Waals surface area (Å²) in [5.74, 6) is -0.341. The number of hydrogen-bond acceptors (Lipinski definition) is 4. The zero-order valence-corrected chi connectivity index (χ0v) is 10.1. The lowest BCUT2D eigenvalue weighted by atomic mass is 10.1. The Morgan fingerprint density at radius 1 is 1.24 bits per heavy atom. The standard InChI is InChI=1S/C12H15FO4/c1-4-17-12(14)7-9-10(15-2)5-8(13)6-11(9)16-3/h5-6H,4,7H2,1-3H3. The summed E-state index contributed by atoms with van der Waals surface area (Å²) in [6, 6.07) is 2.41. The normalized spacial score (nSPS) is 9.88. The molecular formula is C12H15FO4. The summed E-state index contributed by atoms with van der Waals surface area (Å²) < 4.78 is 28.1. The molecule has 0 bridgehead atoms. The van der Waals surface area contributed by atoms with Crippen LogP contribution in [0.5, 0.6) is 11.5 Å². The number of rotatable bonds is 5. The van der Waals surface area contributed by atoms with Gasteiger partial charge in [0, 0.05) is 17.7 Å². The van der Waals surface area contributed by atoms with E-state index in [1.165, 1.54) is 26.4 Å². The molecule has 0 amide bonds. The summed E-state index contributed by atoms with van der Waals surface area (Å²) in [7, 11) is 2.81. The van der Waals surface area contributed by atoms with Crippen LogP contribution in [0, 0.1) is 5.82 Å². The number of ether oxygens (including phenoxy) is 3. The maximum atomic E-state index is 13.2. The summed E-state index contributed by atoms with van der Waals surface area (Å²) in [6.45, 7) is 2.02. The van der Waals surface area contributed by atoms with Crippen LogP contribution >= 0.6 is 0 Å². The second kappa shape index (κ2) is 6.08.